The lowest BCUT2D eigenvalue weighted by molar-refractivity contribution is -0.699. The van der Waals surface area contributed by atoms with Crippen molar-refractivity contribution in [2.45, 2.75) is 19.4 Å². The monoisotopic (exact) mass is 343 g/mol. The van der Waals surface area contributed by atoms with Gasteiger partial charge in [0.05, 0.1) is 0 Å². The van der Waals surface area contributed by atoms with Crippen LogP contribution in [0.5, 0.6) is 0 Å². The first-order valence-electron chi connectivity index (χ1n) is 7.85. The van der Waals surface area contributed by atoms with E-state index >= 15 is 0 Å². The lowest BCUT2D eigenvalue weighted by atomic mass is 10.2. The van der Waals surface area contributed by atoms with Crippen molar-refractivity contribution in [3.05, 3.63) is 65.4 Å². The summed E-state index contributed by atoms with van der Waals surface area (Å²) in [5, 5.41) is 20.4. The number of hydrogen-bond donors (Lipinski definition) is 3. The number of nitrogens with one attached hydrogen (secondary N) is 1. The number of unbranched alkanes of at least 4 members (excludes halogenated alkanes) is 1. The van der Waals surface area contributed by atoms with Crippen LogP contribution in [0, 0.1) is 4.91 Å². The zero-order valence-electron chi connectivity index (χ0n) is 13.7. The second-order valence-electron chi connectivity index (χ2n) is 5.47. The molecule has 0 bridgehead atoms. The van der Waals surface area contributed by atoms with Gasteiger partial charge in [0, 0.05) is 37.5 Å². The van der Waals surface area contributed by atoms with Gasteiger partial charge in [-0.05, 0) is 30.0 Å². The Balaban J connectivity index is 1.80. The first-order valence-corrected chi connectivity index (χ1v) is 7.85. The predicted molar refractivity (Wildman–Crippen MR) is 91.9 cm³/mol. The van der Waals surface area contributed by atoms with Crippen LogP contribution in [0.2, 0.25) is 0 Å². The number of allylic oxidation sites excluding steroid dienone is 3. The summed E-state index contributed by atoms with van der Waals surface area (Å²) in [6, 6.07) is 3.63. The molecule has 0 unspecified atom stereocenters. The Morgan fingerprint density at radius 2 is 2.16 bits per heavy atom. The molecular weight excluding hydrogens is 322 g/mol. The average Bonchev–Trinajstić information content (AvgIpc) is 2.59. The van der Waals surface area contributed by atoms with E-state index < -0.39 is 5.88 Å². The Labute approximate surface area is 145 Å². The molecule has 0 aromatic carbocycles. The molecule has 25 heavy (non-hydrogen) atoms. The maximum Gasteiger partial charge on any atom is 0.471 e. The molecule has 1 aromatic heterocycles. The Hall–Kier alpha value is -3.38. The van der Waals surface area contributed by atoms with Crippen LogP contribution < -0.4 is 25.3 Å². The van der Waals surface area contributed by atoms with E-state index in [1.165, 1.54) is 0 Å². The standard InChI is InChI=1S/C17H19N5O3/c18-17(24)14-5-10-21(11-6-14)7-1-2-8-22-9-3-4-15(13-22)20-16(23)12-19-25/h3-6,9-13H,1-2,7-8,18H2/p+2. The van der Waals surface area contributed by atoms with Gasteiger partial charge in [0.15, 0.2) is 11.1 Å². The molecule has 8 heteroatoms. The minimum absolute atomic E-state index is 0.302. The van der Waals surface area contributed by atoms with E-state index in [4.69, 9.17) is 5.73 Å². The number of nitroso groups, excluding NO2 is 1. The molecule has 130 valence electrons. The average molecular weight is 343 g/mol. The van der Waals surface area contributed by atoms with Crippen LogP contribution in [0.1, 0.15) is 12.8 Å². The quantitative estimate of drug-likeness (QED) is 0.135. The topological polar surface area (TPSA) is 122 Å². The summed E-state index contributed by atoms with van der Waals surface area (Å²) in [5.74, 6) is -0.731. The molecule has 8 nitrogen and oxygen atoms in total. The van der Waals surface area contributed by atoms with E-state index in [-0.39, 0.29) is 5.90 Å². The van der Waals surface area contributed by atoms with Gasteiger partial charge in [-0.25, -0.2) is 0 Å². The highest BCUT2D eigenvalue weighted by Gasteiger charge is 2.11. The van der Waals surface area contributed by atoms with Crippen LogP contribution in [0.3, 0.4) is 0 Å². The molecule has 0 amide bonds. The van der Waals surface area contributed by atoms with E-state index in [0.717, 1.165) is 32.1 Å². The molecular formula is C17H21N5O3+2. The highest BCUT2D eigenvalue weighted by atomic mass is 16.3. The largest absolute Gasteiger partial charge is 0.860 e. The molecule has 0 spiro atoms. The van der Waals surface area contributed by atoms with Crippen molar-refractivity contribution < 1.29 is 19.8 Å². The van der Waals surface area contributed by atoms with Crippen LogP contribution in [-0.2, 0) is 6.54 Å². The fourth-order valence-corrected chi connectivity index (χ4v) is 2.32. The van der Waals surface area contributed by atoms with E-state index in [1.807, 2.05) is 40.3 Å². The Morgan fingerprint density at radius 3 is 2.84 bits per heavy atom. The Kier molecular flexibility index (Phi) is 6.50. The first-order chi connectivity index (χ1) is 12.1. The molecule has 0 saturated heterocycles. The second kappa shape index (κ2) is 9.05. The molecule has 0 fully saturated rings. The fraction of sp³-hybridized carbons (Fsp3) is 0.235. The van der Waals surface area contributed by atoms with E-state index in [1.54, 1.807) is 18.2 Å². The number of nitrogens with two attached hydrogens (primary N) is 1. The minimum atomic E-state index is -0.429. The maximum absolute atomic E-state index is 11.0. The number of aliphatic hydroxyl groups excluding tert-OH is 1. The first kappa shape index (κ1) is 18.0. The molecule has 0 aliphatic carbocycles. The minimum Gasteiger partial charge on any atom is -0.860 e. The van der Waals surface area contributed by atoms with Crippen LogP contribution in [0.4, 0.5) is 5.69 Å². The van der Waals surface area contributed by atoms with Gasteiger partial charge in [-0.3, -0.25) is 0 Å². The summed E-state index contributed by atoms with van der Waals surface area (Å²) in [6.45, 7) is 1.65. The van der Waals surface area contributed by atoms with Gasteiger partial charge in [-0.2, -0.15) is 9.56 Å². The third kappa shape index (κ3) is 5.96. The zero-order valence-corrected chi connectivity index (χ0v) is 13.7. The molecule has 4 N–H and O–H groups in total. The zero-order chi connectivity index (χ0) is 18.1. The molecule has 0 radical (unpaired) electrons. The smallest absolute Gasteiger partial charge is 0.471 e. The van der Waals surface area contributed by atoms with Crippen molar-refractivity contribution >= 4 is 17.8 Å². The normalized spacial score (nSPS) is 13.7. The number of hydrogen-bond acceptors (Lipinski definition) is 4. The van der Waals surface area contributed by atoms with Gasteiger partial charge in [0.2, 0.25) is 11.0 Å². The van der Waals surface area contributed by atoms with Crippen LogP contribution in [0.25, 0.3) is 0 Å². The summed E-state index contributed by atoms with van der Waals surface area (Å²) >= 11 is 0. The van der Waals surface area contributed by atoms with Crippen molar-refractivity contribution in [2.75, 3.05) is 6.54 Å². The van der Waals surface area contributed by atoms with Crippen LogP contribution in [-0.4, -0.2) is 28.7 Å². The molecule has 1 aromatic rings. The fourth-order valence-electron chi connectivity index (χ4n) is 2.32. The van der Waals surface area contributed by atoms with E-state index in [9.17, 15) is 15.1 Å². The molecule has 0 saturated carbocycles. The molecule has 2 heterocycles. The Bertz CT molecular complexity index is 756. The SMILES string of the molecule is NC([O-])=C1C=CN(CCCC[n+]2cccc([NH+]=C(O)C=[N+]=O)c2)C=C1. The number of nitrogens with zero attached hydrogens (tertiary/aromatic N) is 3. The van der Waals surface area contributed by atoms with Crippen molar-refractivity contribution in [1.29, 1.82) is 0 Å². The molecule has 1 aliphatic rings. The van der Waals surface area contributed by atoms with Crippen LogP contribution >= 0.6 is 0 Å². The summed E-state index contributed by atoms with van der Waals surface area (Å²) in [5.41, 5.74) is 6.37. The number of aryl methyl sites for hydroxylation is 1. The van der Waals surface area contributed by atoms with E-state index in [2.05, 4.69) is 9.84 Å². The number of pyridine rings is 1. The third-order valence-corrected chi connectivity index (χ3v) is 3.56. The van der Waals surface area contributed by atoms with Crippen molar-refractivity contribution in [2.24, 2.45) is 5.73 Å². The van der Waals surface area contributed by atoms with Crippen molar-refractivity contribution in [1.82, 2.24) is 9.75 Å². The van der Waals surface area contributed by atoms with Gasteiger partial charge in [0.25, 0.3) is 5.69 Å². The van der Waals surface area contributed by atoms with Crippen LogP contribution in [0.15, 0.2) is 60.5 Å². The van der Waals surface area contributed by atoms with Gasteiger partial charge >= 0.3 is 12.1 Å². The van der Waals surface area contributed by atoms with Crippen molar-refractivity contribution in [3.63, 3.8) is 0 Å². The van der Waals surface area contributed by atoms with E-state index in [0.29, 0.717) is 11.3 Å². The highest BCUT2D eigenvalue weighted by Crippen LogP contribution is 2.10. The third-order valence-electron chi connectivity index (χ3n) is 3.56. The van der Waals surface area contributed by atoms with Gasteiger partial charge in [0.1, 0.15) is 6.54 Å². The summed E-state index contributed by atoms with van der Waals surface area (Å²) in [6.07, 6.45) is 13.6. The number of aromatic nitrogens is 1. The van der Waals surface area contributed by atoms with Crippen molar-refractivity contribution in [3.8, 4) is 0 Å². The molecule has 0 atom stereocenters. The lowest BCUT2D eigenvalue weighted by Crippen LogP contribution is -2.67. The maximum atomic E-state index is 11.0. The number of aliphatic hydroxyl groups is 1. The predicted octanol–water partition coefficient (Wildman–Crippen LogP) is -1.80. The van der Waals surface area contributed by atoms with Gasteiger partial charge in [-0.15, -0.1) is 0 Å². The summed E-state index contributed by atoms with van der Waals surface area (Å²) < 4.78 is 1.99. The number of rotatable bonds is 7. The molecule has 1 aliphatic heterocycles. The summed E-state index contributed by atoms with van der Waals surface area (Å²) in [7, 11) is 0. The second-order valence-corrected chi connectivity index (χ2v) is 5.47. The highest BCUT2D eigenvalue weighted by molar-refractivity contribution is 6.21. The molecule has 2 rings (SSSR count). The Morgan fingerprint density at radius 1 is 1.40 bits per heavy atom. The summed E-state index contributed by atoms with van der Waals surface area (Å²) in [4.78, 5) is 17.2. The van der Waals surface area contributed by atoms with Gasteiger partial charge < -0.3 is 20.8 Å². The van der Waals surface area contributed by atoms with Gasteiger partial charge in [-0.1, -0.05) is 0 Å². The lowest BCUT2D eigenvalue weighted by Gasteiger charge is -2.20.